The Bertz CT molecular complexity index is 995. The summed E-state index contributed by atoms with van der Waals surface area (Å²) in [6.45, 7) is 7.99. The summed E-state index contributed by atoms with van der Waals surface area (Å²) in [5.74, 6) is 0.296. The van der Waals surface area contributed by atoms with Crippen LogP contribution in [-0.4, -0.2) is 36.0 Å². The molecule has 0 fully saturated rings. The Hall–Kier alpha value is -3.35. The average molecular weight is 396 g/mol. The number of aromatic nitrogens is 1. The summed E-state index contributed by atoms with van der Waals surface area (Å²) < 4.78 is 12.3. The zero-order valence-electron chi connectivity index (χ0n) is 16.6. The zero-order valence-corrected chi connectivity index (χ0v) is 16.6. The lowest BCUT2D eigenvalue weighted by Gasteiger charge is -2.29. The van der Waals surface area contributed by atoms with Gasteiger partial charge in [-0.2, -0.15) is 0 Å². The minimum atomic E-state index is -0.737. The van der Waals surface area contributed by atoms with E-state index >= 15 is 0 Å². The lowest BCUT2D eigenvalue weighted by Crippen LogP contribution is -2.39. The van der Waals surface area contributed by atoms with Crippen LogP contribution in [0.25, 0.3) is 0 Å². The maximum Gasteiger partial charge on any atom is 0.293 e. The molecule has 1 aromatic carbocycles. The Labute approximate surface area is 169 Å². The Morgan fingerprint density at radius 3 is 2.86 bits per heavy atom. The molecule has 0 saturated carbocycles. The van der Waals surface area contributed by atoms with Crippen molar-refractivity contribution in [3.63, 3.8) is 0 Å². The van der Waals surface area contributed by atoms with Crippen molar-refractivity contribution in [2.45, 2.75) is 26.3 Å². The fraction of sp³-hybridized carbons (Fsp3) is 0.318. The van der Waals surface area contributed by atoms with Crippen LogP contribution in [0, 0.1) is 0 Å². The first-order valence-electron chi connectivity index (χ1n) is 9.54. The third kappa shape index (κ3) is 4.08. The number of carbonyl (C=O) groups excluding carboxylic acids is 2. The summed E-state index contributed by atoms with van der Waals surface area (Å²) >= 11 is 0. The second kappa shape index (κ2) is 8.77. The smallest absolute Gasteiger partial charge is 0.293 e. The summed E-state index contributed by atoms with van der Waals surface area (Å²) in [6, 6.07) is 7.47. The van der Waals surface area contributed by atoms with Gasteiger partial charge in [0.05, 0.1) is 18.3 Å². The lowest BCUT2D eigenvalue weighted by molar-refractivity contribution is -0.121. The molecule has 1 atom stereocenters. The summed E-state index contributed by atoms with van der Waals surface area (Å²) in [6.07, 6.45) is 3.96. The highest BCUT2D eigenvalue weighted by Gasteiger charge is 2.27. The lowest BCUT2D eigenvalue weighted by atomic mass is 10.0. The summed E-state index contributed by atoms with van der Waals surface area (Å²) in [4.78, 5) is 39.4. The molecule has 7 nitrogen and oxygen atoms in total. The van der Waals surface area contributed by atoms with Gasteiger partial charge in [0, 0.05) is 18.3 Å². The fourth-order valence-corrected chi connectivity index (χ4v) is 3.17. The molecule has 2 aromatic rings. The summed E-state index contributed by atoms with van der Waals surface area (Å²) in [5.41, 5.74) is 0.550. The highest BCUT2D eigenvalue weighted by molar-refractivity contribution is 6.03. The molecule has 2 heterocycles. The van der Waals surface area contributed by atoms with Crippen molar-refractivity contribution >= 4 is 17.4 Å². The molecule has 1 amide bonds. The molecule has 0 saturated heterocycles. The zero-order chi connectivity index (χ0) is 21.0. The van der Waals surface area contributed by atoms with Gasteiger partial charge in [-0.25, -0.2) is 0 Å². The normalized spacial score (nSPS) is 14.0. The van der Waals surface area contributed by atoms with Gasteiger partial charge in [-0.15, -0.1) is 6.58 Å². The van der Waals surface area contributed by atoms with Gasteiger partial charge in [0.2, 0.25) is 0 Å². The van der Waals surface area contributed by atoms with E-state index in [4.69, 9.17) is 9.47 Å². The van der Waals surface area contributed by atoms with Crippen molar-refractivity contribution in [2.24, 2.45) is 0 Å². The van der Waals surface area contributed by atoms with Crippen LogP contribution in [0.2, 0.25) is 0 Å². The standard InChI is InChI=1S/C22H24N2O5/c1-4-10-24-17-13-16(8-9-18(17)29-14-20(24)25)21(26)15(3)23-11-6-7-19(22(23)27)28-12-5-2/h4,6-9,11,13,15H,1,5,10,12,14H2,2-3H3. The number of fused-ring (bicyclic) bond motifs is 1. The summed E-state index contributed by atoms with van der Waals surface area (Å²) in [5, 5.41) is 0. The number of rotatable bonds is 8. The van der Waals surface area contributed by atoms with Gasteiger partial charge < -0.3 is 18.9 Å². The Morgan fingerprint density at radius 1 is 1.34 bits per heavy atom. The van der Waals surface area contributed by atoms with E-state index in [0.29, 0.717) is 30.2 Å². The SMILES string of the molecule is C=CCN1C(=O)COc2ccc(C(=O)C(C)n3cccc(OCCC)c3=O)cc21. The fourth-order valence-electron chi connectivity index (χ4n) is 3.17. The van der Waals surface area contributed by atoms with Crippen LogP contribution in [0.15, 0.2) is 54.0 Å². The number of nitrogens with zero attached hydrogens (tertiary/aromatic N) is 2. The topological polar surface area (TPSA) is 77.8 Å². The third-order valence-corrected chi connectivity index (χ3v) is 4.70. The molecule has 152 valence electrons. The van der Waals surface area contributed by atoms with E-state index in [-0.39, 0.29) is 29.6 Å². The number of ketones is 1. The van der Waals surface area contributed by atoms with Crippen LogP contribution >= 0.6 is 0 Å². The van der Waals surface area contributed by atoms with Gasteiger partial charge in [0.15, 0.2) is 18.1 Å². The molecule has 1 aliphatic heterocycles. The number of anilines is 1. The van der Waals surface area contributed by atoms with Crippen LogP contribution in [-0.2, 0) is 4.79 Å². The van der Waals surface area contributed by atoms with E-state index < -0.39 is 6.04 Å². The maximum absolute atomic E-state index is 13.1. The molecule has 0 spiro atoms. The Balaban J connectivity index is 1.92. The number of ether oxygens (including phenoxy) is 2. The van der Waals surface area contributed by atoms with Gasteiger partial charge in [-0.1, -0.05) is 13.0 Å². The number of carbonyl (C=O) groups is 2. The highest BCUT2D eigenvalue weighted by Crippen LogP contribution is 2.33. The molecule has 3 rings (SSSR count). The largest absolute Gasteiger partial charge is 0.488 e. The first-order chi connectivity index (χ1) is 14.0. The van der Waals surface area contributed by atoms with Crippen molar-refractivity contribution < 1.29 is 19.1 Å². The molecule has 29 heavy (non-hydrogen) atoms. The van der Waals surface area contributed by atoms with E-state index in [1.165, 1.54) is 9.47 Å². The first-order valence-corrected chi connectivity index (χ1v) is 9.54. The van der Waals surface area contributed by atoms with Crippen molar-refractivity contribution in [3.8, 4) is 11.5 Å². The molecule has 1 unspecified atom stereocenters. The maximum atomic E-state index is 13.1. The second-order valence-corrected chi connectivity index (χ2v) is 6.74. The van der Waals surface area contributed by atoms with E-state index in [1.807, 2.05) is 6.92 Å². The van der Waals surface area contributed by atoms with E-state index in [2.05, 4.69) is 6.58 Å². The van der Waals surface area contributed by atoms with Crippen LogP contribution in [0.5, 0.6) is 11.5 Å². The quantitative estimate of drug-likeness (QED) is 0.506. The number of hydrogen-bond acceptors (Lipinski definition) is 5. The predicted molar refractivity (Wildman–Crippen MR) is 110 cm³/mol. The molecule has 0 N–H and O–H groups in total. The predicted octanol–water partition coefficient (Wildman–Crippen LogP) is 2.99. The van der Waals surface area contributed by atoms with Crippen LogP contribution < -0.4 is 19.9 Å². The molecular weight excluding hydrogens is 372 g/mol. The Kier molecular flexibility index (Phi) is 6.16. The number of Topliss-reactive ketones (excluding diaryl/α,β-unsaturated/α-hetero) is 1. The van der Waals surface area contributed by atoms with Gasteiger partial charge in [0.1, 0.15) is 5.75 Å². The summed E-state index contributed by atoms with van der Waals surface area (Å²) in [7, 11) is 0. The molecule has 0 aliphatic carbocycles. The van der Waals surface area contributed by atoms with Crippen molar-refractivity contribution in [1.29, 1.82) is 0 Å². The first kappa shape index (κ1) is 20.4. The second-order valence-electron chi connectivity index (χ2n) is 6.74. The molecular formula is C22H24N2O5. The highest BCUT2D eigenvalue weighted by atomic mass is 16.5. The molecule has 1 aromatic heterocycles. The van der Waals surface area contributed by atoms with Crippen LogP contribution in [0.3, 0.4) is 0 Å². The molecule has 0 radical (unpaired) electrons. The third-order valence-electron chi connectivity index (χ3n) is 4.70. The van der Waals surface area contributed by atoms with E-state index in [1.54, 1.807) is 49.5 Å². The van der Waals surface area contributed by atoms with E-state index in [0.717, 1.165) is 6.42 Å². The van der Waals surface area contributed by atoms with Crippen LogP contribution in [0.4, 0.5) is 5.69 Å². The number of amides is 1. The molecule has 0 bridgehead atoms. The minimum absolute atomic E-state index is 0.0511. The van der Waals surface area contributed by atoms with Crippen molar-refractivity contribution in [3.05, 3.63) is 65.1 Å². The minimum Gasteiger partial charge on any atom is -0.488 e. The van der Waals surface area contributed by atoms with Crippen molar-refractivity contribution in [2.75, 3.05) is 24.7 Å². The molecule has 7 heteroatoms. The number of pyridine rings is 1. The molecule has 1 aliphatic rings. The van der Waals surface area contributed by atoms with Gasteiger partial charge in [0.25, 0.3) is 11.5 Å². The van der Waals surface area contributed by atoms with Crippen LogP contribution in [0.1, 0.15) is 36.7 Å². The van der Waals surface area contributed by atoms with Gasteiger partial charge in [-0.3, -0.25) is 14.4 Å². The van der Waals surface area contributed by atoms with E-state index in [9.17, 15) is 14.4 Å². The van der Waals surface area contributed by atoms with Gasteiger partial charge >= 0.3 is 0 Å². The van der Waals surface area contributed by atoms with Crippen molar-refractivity contribution in [1.82, 2.24) is 4.57 Å². The number of benzene rings is 1. The average Bonchev–Trinajstić information content (AvgIpc) is 2.73. The van der Waals surface area contributed by atoms with Gasteiger partial charge in [-0.05, 0) is 43.7 Å². The monoisotopic (exact) mass is 396 g/mol. The Morgan fingerprint density at radius 2 is 2.14 bits per heavy atom. The number of hydrogen-bond donors (Lipinski definition) is 0.